The van der Waals surface area contributed by atoms with Crippen molar-refractivity contribution in [3.8, 4) is 0 Å². The first-order valence-electron chi connectivity index (χ1n) is 4.82. The van der Waals surface area contributed by atoms with Crippen molar-refractivity contribution in [1.29, 1.82) is 0 Å². The molecule has 1 fully saturated rings. The molecule has 0 spiro atoms. The molecule has 0 saturated carbocycles. The van der Waals surface area contributed by atoms with E-state index in [2.05, 4.69) is 15.5 Å². The fourth-order valence-corrected chi connectivity index (χ4v) is 4.40. The lowest BCUT2D eigenvalue weighted by Crippen LogP contribution is -2.33. The van der Waals surface area contributed by atoms with E-state index in [-0.39, 0.29) is 5.91 Å². The summed E-state index contributed by atoms with van der Waals surface area (Å²) in [7, 11) is 0. The lowest BCUT2D eigenvalue weighted by atomic mass is 10.4. The predicted octanol–water partition coefficient (Wildman–Crippen LogP) is 0.699. The first-order chi connectivity index (χ1) is 7.75. The minimum atomic E-state index is -0.176. The van der Waals surface area contributed by atoms with Gasteiger partial charge in [0, 0.05) is 29.1 Å². The van der Waals surface area contributed by atoms with Crippen molar-refractivity contribution in [1.82, 2.24) is 15.5 Å². The molecule has 2 heterocycles. The van der Waals surface area contributed by atoms with Crippen molar-refractivity contribution in [3.63, 3.8) is 0 Å². The standard InChI is InChI=1S/C8H12N4OS3/c9-8-12-11-7(16-8)6(13)10-3-5-4-14-1-2-15-5/h5H,1-4H2,(H2,9,12)(H,10,13). The van der Waals surface area contributed by atoms with Gasteiger partial charge in [-0.15, -0.1) is 10.2 Å². The summed E-state index contributed by atoms with van der Waals surface area (Å²) in [4.78, 5) is 11.6. The fraction of sp³-hybridized carbons (Fsp3) is 0.625. The van der Waals surface area contributed by atoms with E-state index in [0.29, 0.717) is 21.9 Å². The Labute approximate surface area is 106 Å². The summed E-state index contributed by atoms with van der Waals surface area (Å²) < 4.78 is 0. The Balaban J connectivity index is 1.79. The molecule has 1 amide bonds. The topological polar surface area (TPSA) is 80.9 Å². The number of aromatic nitrogens is 2. The maximum Gasteiger partial charge on any atom is 0.282 e. The number of thioether (sulfide) groups is 2. The molecule has 1 aromatic rings. The predicted molar refractivity (Wildman–Crippen MR) is 70.2 cm³/mol. The number of nitrogens with two attached hydrogens (primary N) is 1. The maximum absolute atomic E-state index is 11.6. The zero-order chi connectivity index (χ0) is 11.4. The van der Waals surface area contributed by atoms with Gasteiger partial charge in [0.25, 0.3) is 5.91 Å². The van der Waals surface area contributed by atoms with Crippen molar-refractivity contribution >= 4 is 45.9 Å². The molecule has 1 saturated heterocycles. The largest absolute Gasteiger partial charge is 0.374 e. The summed E-state index contributed by atoms with van der Waals surface area (Å²) in [5.41, 5.74) is 5.41. The number of carbonyl (C=O) groups excluding carboxylic acids is 1. The van der Waals surface area contributed by atoms with Crippen LogP contribution in [-0.2, 0) is 0 Å². The molecule has 0 aromatic carbocycles. The van der Waals surface area contributed by atoms with Gasteiger partial charge in [0.1, 0.15) is 0 Å². The molecule has 2 rings (SSSR count). The first kappa shape index (κ1) is 12.0. The third kappa shape index (κ3) is 3.26. The van der Waals surface area contributed by atoms with Crippen LogP contribution in [-0.4, -0.2) is 45.2 Å². The molecule has 1 atom stereocenters. The average molecular weight is 276 g/mol. The van der Waals surface area contributed by atoms with Gasteiger partial charge in [0.15, 0.2) is 0 Å². The fourth-order valence-electron chi connectivity index (χ4n) is 1.26. The highest BCUT2D eigenvalue weighted by molar-refractivity contribution is 8.06. The number of rotatable bonds is 3. The number of hydrogen-bond acceptors (Lipinski definition) is 7. The summed E-state index contributed by atoms with van der Waals surface area (Å²) in [6.45, 7) is 0.690. The Bertz CT molecular complexity index is 364. The summed E-state index contributed by atoms with van der Waals surface area (Å²) in [5, 5.41) is 11.3. The van der Waals surface area contributed by atoms with E-state index in [1.165, 1.54) is 5.75 Å². The molecule has 0 bridgehead atoms. The Hall–Kier alpha value is -0.470. The monoisotopic (exact) mass is 276 g/mol. The number of amides is 1. The van der Waals surface area contributed by atoms with E-state index >= 15 is 0 Å². The minimum Gasteiger partial charge on any atom is -0.374 e. The van der Waals surface area contributed by atoms with Crippen LogP contribution in [0.15, 0.2) is 0 Å². The molecule has 3 N–H and O–H groups in total. The highest BCUT2D eigenvalue weighted by Gasteiger charge is 2.17. The number of carbonyl (C=O) groups is 1. The van der Waals surface area contributed by atoms with E-state index in [0.717, 1.165) is 22.8 Å². The Kier molecular flexibility index (Phi) is 4.30. The van der Waals surface area contributed by atoms with Gasteiger partial charge in [0.2, 0.25) is 10.1 Å². The van der Waals surface area contributed by atoms with E-state index in [1.54, 1.807) is 0 Å². The second-order valence-electron chi connectivity index (χ2n) is 3.22. The molecule has 0 aliphatic carbocycles. The third-order valence-electron chi connectivity index (χ3n) is 2.01. The maximum atomic E-state index is 11.6. The normalized spacial score (nSPS) is 20.6. The van der Waals surface area contributed by atoms with E-state index < -0.39 is 0 Å². The van der Waals surface area contributed by atoms with Crippen LogP contribution in [0, 0.1) is 0 Å². The second kappa shape index (κ2) is 5.74. The van der Waals surface area contributed by atoms with Crippen LogP contribution in [0.25, 0.3) is 0 Å². The molecule has 5 nitrogen and oxygen atoms in total. The molecule has 8 heteroatoms. The zero-order valence-corrected chi connectivity index (χ0v) is 11.0. The number of nitrogen functional groups attached to an aromatic ring is 1. The zero-order valence-electron chi connectivity index (χ0n) is 8.51. The molecular formula is C8H12N4OS3. The van der Waals surface area contributed by atoms with Crippen LogP contribution in [0.4, 0.5) is 5.13 Å². The van der Waals surface area contributed by atoms with Gasteiger partial charge in [-0.2, -0.15) is 23.5 Å². The third-order valence-corrected chi connectivity index (χ3v) is 5.61. The Morgan fingerprint density at radius 2 is 2.38 bits per heavy atom. The quantitative estimate of drug-likeness (QED) is 0.846. The highest BCUT2D eigenvalue weighted by atomic mass is 32.2. The molecule has 16 heavy (non-hydrogen) atoms. The average Bonchev–Trinajstić information content (AvgIpc) is 2.74. The van der Waals surface area contributed by atoms with Crippen LogP contribution in [0.5, 0.6) is 0 Å². The van der Waals surface area contributed by atoms with Gasteiger partial charge in [-0.05, 0) is 0 Å². The van der Waals surface area contributed by atoms with Gasteiger partial charge < -0.3 is 11.1 Å². The SMILES string of the molecule is Nc1nnc(C(=O)NCC2CSCCS2)s1. The number of hydrogen-bond donors (Lipinski definition) is 2. The number of nitrogens with one attached hydrogen (secondary N) is 1. The van der Waals surface area contributed by atoms with Crippen LogP contribution < -0.4 is 11.1 Å². The van der Waals surface area contributed by atoms with Crippen molar-refractivity contribution in [2.75, 3.05) is 29.5 Å². The molecule has 88 valence electrons. The number of nitrogens with zero attached hydrogens (tertiary/aromatic N) is 2. The van der Waals surface area contributed by atoms with Crippen LogP contribution in [0.2, 0.25) is 0 Å². The van der Waals surface area contributed by atoms with Gasteiger partial charge in [-0.25, -0.2) is 0 Å². The number of anilines is 1. The summed E-state index contributed by atoms with van der Waals surface area (Å²) >= 11 is 4.96. The molecule has 1 aliphatic rings. The summed E-state index contributed by atoms with van der Waals surface area (Å²) in [6, 6.07) is 0. The minimum absolute atomic E-state index is 0.176. The molecular weight excluding hydrogens is 264 g/mol. The summed E-state index contributed by atoms with van der Waals surface area (Å²) in [5.74, 6) is 3.30. The second-order valence-corrected chi connectivity index (χ2v) is 6.79. The van der Waals surface area contributed by atoms with Crippen molar-refractivity contribution in [3.05, 3.63) is 5.01 Å². The molecule has 1 unspecified atom stereocenters. The summed E-state index contributed by atoms with van der Waals surface area (Å²) in [6.07, 6.45) is 0. The van der Waals surface area contributed by atoms with Crippen LogP contribution in [0.3, 0.4) is 0 Å². The molecule has 0 radical (unpaired) electrons. The molecule has 1 aromatic heterocycles. The van der Waals surface area contributed by atoms with Gasteiger partial charge >= 0.3 is 0 Å². The van der Waals surface area contributed by atoms with E-state index in [4.69, 9.17) is 5.73 Å². The van der Waals surface area contributed by atoms with E-state index in [1.807, 2.05) is 23.5 Å². The Morgan fingerprint density at radius 1 is 1.50 bits per heavy atom. The highest BCUT2D eigenvalue weighted by Crippen LogP contribution is 2.23. The van der Waals surface area contributed by atoms with Gasteiger partial charge in [-0.3, -0.25) is 4.79 Å². The molecule has 1 aliphatic heterocycles. The lowest BCUT2D eigenvalue weighted by Gasteiger charge is -2.20. The smallest absolute Gasteiger partial charge is 0.282 e. The van der Waals surface area contributed by atoms with Crippen LogP contribution in [0.1, 0.15) is 9.80 Å². The Morgan fingerprint density at radius 3 is 3.00 bits per heavy atom. The van der Waals surface area contributed by atoms with Crippen LogP contribution >= 0.6 is 34.9 Å². The first-order valence-corrected chi connectivity index (χ1v) is 7.84. The van der Waals surface area contributed by atoms with Crippen molar-refractivity contribution in [2.45, 2.75) is 5.25 Å². The van der Waals surface area contributed by atoms with Gasteiger partial charge in [0.05, 0.1) is 0 Å². The van der Waals surface area contributed by atoms with Crippen molar-refractivity contribution in [2.24, 2.45) is 0 Å². The van der Waals surface area contributed by atoms with E-state index in [9.17, 15) is 4.79 Å². The van der Waals surface area contributed by atoms with Gasteiger partial charge in [-0.1, -0.05) is 11.3 Å². The van der Waals surface area contributed by atoms with Crippen molar-refractivity contribution < 1.29 is 4.79 Å². The lowest BCUT2D eigenvalue weighted by molar-refractivity contribution is 0.0953.